The van der Waals surface area contributed by atoms with E-state index in [4.69, 9.17) is 9.47 Å². The fourth-order valence-corrected chi connectivity index (χ4v) is 3.14. The summed E-state index contributed by atoms with van der Waals surface area (Å²) in [7, 11) is 0. The number of phenols is 1. The maximum atomic E-state index is 12.4. The molecule has 3 aromatic carbocycles. The van der Waals surface area contributed by atoms with Crippen LogP contribution in [-0.2, 0) is 10.2 Å². The molecule has 3 rings (SSSR count). The van der Waals surface area contributed by atoms with Crippen molar-refractivity contribution in [3.8, 4) is 17.2 Å². The van der Waals surface area contributed by atoms with Gasteiger partial charge in [-0.15, -0.1) is 0 Å². The van der Waals surface area contributed by atoms with Crippen LogP contribution in [0.4, 0.5) is 5.69 Å². The summed E-state index contributed by atoms with van der Waals surface area (Å²) < 4.78 is 11.0. The zero-order valence-electron chi connectivity index (χ0n) is 18.6. The smallest absolute Gasteiger partial charge is 0.347 e. The Bertz CT molecular complexity index is 1120. The van der Waals surface area contributed by atoms with Crippen molar-refractivity contribution in [1.29, 1.82) is 0 Å². The monoisotopic (exact) mass is 433 g/mol. The van der Waals surface area contributed by atoms with Gasteiger partial charge in [-0.25, -0.2) is 4.79 Å². The van der Waals surface area contributed by atoms with Gasteiger partial charge in [0.1, 0.15) is 22.8 Å². The van der Waals surface area contributed by atoms with Crippen LogP contribution in [0.2, 0.25) is 0 Å². The third kappa shape index (κ3) is 5.88. The van der Waals surface area contributed by atoms with E-state index in [1.54, 1.807) is 30.3 Å². The predicted molar refractivity (Wildman–Crippen MR) is 124 cm³/mol. The van der Waals surface area contributed by atoms with Crippen molar-refractivity contribution >= 4 is 17.6 Å². The van der Waals surface area contributed by atoms with Crippen molar-refractivity contribution in [3.05, 3.63) is 83.4 Å². The van der Waals surface area contributed by atoms with Crippen LogP contribution in [0.1, 0.15) is 42.3 Å². The molecule has 0 aliphatic carbocycles. The van der Waals surface area contributed by atoms with E-state index in [1.165, 1.54) is 18.2 Å². The number of carbonyl (C=O) groups excluding carboxylic acids is 2. The highest BCUT2D eigenvalue weighted by molar-refractivity contribution is 5.96. The SMILES string of the molecule is Cc1ccc(C(C)(C)C)c(OCC(=O)Nc2ccc(C(=O)Oc3ccccc3)c(O)c2)c1. The molecule has 0 aliphatic heterocycles. The molecule has 3 aromatic rings. The molecule has 0 aromatic heterocycles. The highest BCUT2D eigenvalue weighted by Crippen LogP contribution is 2.32. The van der Waals surface area contributed by atoms with Crippen LogP contribution in [0.15, 0.2) is 66.7 Å². The van der Waals surface area contributed by atoms with Crippen molar-refractivity contribution in [1.82, 2.24) is 0 Å². The van der Waals surface area contributed by atoms with Crippen LogP contribution >= 0.6 is 0 Å². The van der Waals surface area contributed by atoms with Crippen molar-refractivity contribution in [2.75, 3.05) is 11.9 Å². The summed E-state index contributed by atoms with van der Waals surface area (Å²) in [5.41, 5.74) is 2.26. The summed E-state index contributed by atoms with van der Waals surface area (Å²) in [6.45, 7) is 8.02. The third-order valence-electron chi connectivity index (χ3n) is 4.76. The minimum absolute atomic E-state index is 0.00215. The molecule has 0 heterocycles. The molecule has 6 nitrogen and oxygen atoms in total. The van der Waals surface area contributed by atoms with Crippen molar-refractivity contribution in [2.45, 2.75) is 33.1 Å². The molecule has 0 aliphatic rings. The van der Waals surface area contributed by atoms with Gasteiger partial charge in [0.25, 0.3) is 5.91 Å². The molecule has 1 amide bonds. The minimum Gasteiger partial charge on any atom is -0.507 e. The fraction of sp³-hybridized carbons (Fsp3) is 0.231. The minimum atomic E-state index is -0.691. The highest BCUT2D eigenvalue weighted by atomic mass is 16.5. The van der Waals surface area contributed by atoms with E-state index in [-0.39, 0.29) is 29.2 Å². The number of rotatable bonds is 6. The summed E-state index contributed by atoms with van der Waals surface area (Å²) in [5.74, 6) is -0.334. The normalized spacial score (nSPS) is 11.0. The molecule has 0 bridgehead atoms. The highest BCUT2D eigenvalue weighted by Gasteiger charge is 2.20. The zero-order valence-corrected chi connectivity index (χ0v) is 18.6. The first-order valence-electron chi connectivity index (χ1n) is 10.3. The van der Waals surface area contributed by atoms with Crippen molar-refractivity contribution in [3.63, 3.8) is 0 Å². The number of hydrogen-bond donors (Lipinski definition) is 2. The molecule has 2 N–H and O–H groups in total. The number of aryl methyl sites for hydroxylation is 1. The molecule has 0 fully saturated rings. The molecular weight excluding hydrogens is 406 g/mol. The Morgan fingerprint density at radius 3 is 2.34 bits per heavy atom. The molecule has 0 saturated carbocycles. The summed E-state index contributed by atoms with van der Waals surface area (Å²) in [5, 5.41) is 12.9. The number of amides is 1. The summed E-state index contributed by atoms with van der Waals surface area (Å²) >= 11 is 0. The van der Waals surface area contributed by atoms with E-state index >= 15 is 0 Å². The van der Waals surface area contributed by atoms with Crippen LogP contribution in [0, 0.1) is 6.92 Å². The summed E-state index contributed by atoms with van der Waals surface area (Å²) in [6.07, 6.45) is 0. The molecule has 32 heavy (non-hydrogen) atoms. The van der Waals surface area contributed by atoms with Gasteiger partial charge in [-0.2, -0.15) is 0 Å². The molecule has 166 valence electrons. The first kappa shape index (κ1) is 22.9. The Morgan fingerprint density at radius 2 is 1.69 bits per heavy atom. The van der Waals surface area contributed by atoms with E-state index in [0.717, 1.165) is 11.1 Å². The Morgan fingerprint density at radius 1 is 0.969 bits per heavy atom. The Labute approximate surface area is 187 Å². The van der Waals surface area contributed by atoms with Gasteiger partial charge < -0.3 is 19.9 Å². The maximum absolute atomic E-state index is 12.4. The Hall–Kier alpha value is -3.80. The second kappa shape index (κ2) is 9.56. The lowest BCUT2D eigenvalue weighted by Gasteiger charge is -2.23. The maximum Gasteiger partial charge on any atom is 0.347 e. The van der Waals surface area contributed by atoms with E-state index in [9.17, 15) is 14.7 Å². The number of ether oxygens (including phenoxy) is 2. The van der Waals surface area contributed by atoms with E-state index in [1.807, 2.05) is 25.1 Å². The van der Waals surface area contributed by atoms with E-state index < -0.39 is 5.97 Å². The summed E-state index contributed by atoms with van der Waals surface area (Å²) in [4.78, 5) is 24.7. The third-order valence-corrected chi connectivity index (χ3v) is 4.76. The van der Waals surface area contributed by atoms with Crippen LogP contribution in [-0.4, -0.2) is 23.6 Å². The van der Waals surface area contributed by atoms with Crippen LogP contribution in [0.5, 0.6) is 17.2 Å². The van der Waals surface area contributed by atoms with Gasteiger partial charge in [-0.1, -0.05) is 51.1 Å². The topological polar surface area (TPSA) is 84.9 Å². The number of nitrogens with one attached hydrogen (secondary N) is 1. The van der Waals surface area contributed by atoms with Gasteiger partial charge in [-0.3, -0.25) is 4.79 Å². The molecule has 0 unspecified atom stereocenters. The number of anilines is 1. The van der Waals surface area contributed by atoms with E-state index in [2.05, 4.69) is 26.1 Å². The van der Waals surface area contributed by atoms with Crippen LogP contribution in [0.3, 0.4) is 0 Å². The van der Waals surface area contributed by atoms with Gasteiger partial charge in [-0.05, 0) is 53.8 Å². The summed E-state index contributed by atoms with van der Waals surface area (Å²) in [6, 6.07) is 18.7. The average Bonchev–Trinajstić information content (AvgIpc) is 2.72. The van der Waals surface area contributed by atoms with Gasteiger partial charge in [0.2, 0.25) is 0 Å². The Kier molecular flexibility index (Phi) is 6.83. The second-order valence-electron chi connectivity index (χ2n) is 8.52. The Balaban J connectivity index is 1.63. The largest absolute Gasteiger partial charge is 0.507 e. The first-order valence-corrected chi connectivity index (χ1v) is 10.3. The standard InChI is InChI=1S/C26H27NO5/c1-17-10-13-21(26(2,3)4)23(14-17)31-16-24(29)27-18-11-12-20(22(28)15-18)25(30)32-19-8-6-5-7-9-19/h5-15,28H,16H2,1-4H3,(H,27,29). The number of para-hydroxylation sites is 1. The lowest BCUT2D eigenvalue weighted by Crippen LogP contribution is -2.22. The van der Waals surface area contributed by atoms with Crippen molar-refractivity contribution in [2.24, 2.45) is 0 Å². The zero-order chi connectivity index (χ0) is 23.3. The number of carbonyl (C=O) groups is 2. The number of hydrogen-bond acceptors (Lipinski definition) is 5. The van der Waals surface area contributed by atoms with Crippen LogP contribution in [0.25, 0.3) is 0 Å². The lowest BCUT2D eigenvalue weighted by molar-refractivity contribution is -0.118. The van der Waals surface area contributed by atoms with Gasteiger partial charge in [0.05, 0.1) is 0 Å². The average molecular weight is 434 g/mol. The quantitative estimate of drug-likeness (QED) is 0.410. The number of benzene rings is 3. The predicted octanol–water partition coefficient (Wildman–Crippen LogP) is 5.23. The fourth-order valence-electron chi connectivity index (χ4n) is 3.14. The molecule has 6 heteroatoms. The lowest BCUT2D eigenvalue weighted by atomic mass is 9.86. The molecule has 0 saturated heterocycles. The number of aromatic hydroxyl groups is 1. The van der Waals surface area contributed by atoms with Gasteiger partial charge >= 0.3 is 5.97 Å². The molecule has 0 radical (unpaired) electrons. The number of phenolic OH excluding ortho intramolecular Hbond substituents is 1. The van der Waals surface area contributed by atoms with Gasteiger partial charge in [0.15, 0.2) is 6.61 Å². The number of esters is 1. The molecule has 0 spiro atoms. The van der Waals surface area contributed by atoms with Crippen molar-refractivity contribution < 1.29 is 24.2 Å². The molecular formula is C26H27NO5. The van der Waals surface area contributed by atoms with Crippen LogP contribution < -0.4 is 14.8 Å². The molecule has 0 atom stereocenters. The van der Waals surface area contributed by atoms with E-state index in [0.29, 0.717) is 17.2 Å². The second-order valence-corrected chi connectivity index (χ2v) is 8.52. The first-order chi connectivity index (χ1) is 15.1. The van der Waals surface area contributed by atoms with Gasteiger partial charge in [0, 0.05) is 11.8 Å².